The van der Waals surface area contributed by atoms with Crippen molar-refractivity contribution in [1.82, 2.24) is 4.23 Å². The zero-order chi connectivity index (χ0) is 11.2. The minimum absolute atomic E-state index is 0.321. The highest BCUT2D eigenvalue weighted by molar-refractivity contribution is 6.75. The van der Waals surface area contributed by atoms with Crippen LogP contribution >= 0.6 is 0 Å². The van der Waals surface area contributed by atoms with Crippen molar-refractivity contribution in [3.8, 4) is 11.8 Å². The second kappa shape index (κ2) is 3.30. The average molecular weight is 225 g/mol. The number of fused-ring (bicyclic) bond motifs is 1. The molecule has 4 heteroatoms. The van der Waals surface area contributed by atoms with Crippen LogP contribution in [0.25, 0.3) is 0 Å². The molecule has 0 atom stereocenters. The van der Waals surface area contributed by atoms with Crippen LogP contribution < -0.4 is 0 Å². The summed E-state index contributed by atoms with van der Waals surface area (Å²) in [5.41, 5.74) is 1.97. The fraction of sp³-hybridized carbons (Fsp3) is 0.636. The first-order valence-corrected chi connectivity index (χ1v) is 9.02. The quantitative estimate of drug-likeness (QED) is 0.721. The molecule has 2 rings (SSSR count). The summed E-state index contributed by atoms with van der Waals surface area (Å²) in [5.74, 6) is 0.641. The van der Waals surface area contributed by atoms with Crippen LogP contribution in [-0.4, -0.2) is 22.7 Å². The maximum absolute atomic E-state index is 10.1. The molecule has 2 N–H and O–H groups in total. The minimum Gasteiger partial charge on any atom is -0.495 e. The SMILES string of the molecule is C[Si](C)(C)n1c(O)c2c(c1O)CCCC2. The lowest BCUT2D eigenvalue weighted by Crippen LogP contribution is -2.31. The van der Waals surface area contributed by atoms with E-state index in [4.69, 9.17) is 0 Å². The van der Waals surface area contributed by atoms with E-state index in [1.165, 1.54) is 0 Å². The Morgan fingerprint density at radius 1 is 0.933 bits per heavy atom. The Morgan fingerprint density at radius 2 is 1.33 bits per heavy atom. The third-order valence-electron chi connectivity index (χ3n) is 3.10. The smallest absolute Gasteiger partial charge is 0.189 e. The van der Waals surface area contributed by atoms with E-state index in [1.807, 2.05) is 0 Å². The van der Waals surface area contributed by atoms with Gasteiger partial charge in [-0.1, -0.05) is 19.6 Å². The fourth-order valence-electron chi connectivity index (χ4n) is 2.40. The Bertz CT molecular complexity index is 361. The molecule has 3 nitrogen and oxygen atoms in total. The predicted molar refractivity (Wildman–Crippen MR) is 63.1 cm³/mol. The maximum Gasteiger partial charge on any atom is 0.189 e. The first kappa shape index (κ1) is 10.6. The van der Waals surface area contributed by atoms with Crippen molar-refractivity contribution in [3.63, 3.8) is 0 Å². The van der Waals surface area contributed by atoms with Crippen LogP contribution in [0.3, 0.4) is 0 Å². The van der Waals surface area contributed by atoms with Crippen LogP contribution in [0.4, 0.5) is 0 Å². The van der Waals surface area contributed by atoms with E-state index in [9.17, 15) is 10.2 Å². The van der Waals surface area contributed by atoms with Gasteiger partial charge in [0.2, 0.25) is 0 Å². The van der Waals surface area contributed by atoms with Gasteiger partial charge in [0.15, 0.2) is 20.0 Å². The molecule has 0 saturated carbocycles. The Hall–Kier alpha value is -0.903. The Balaban J connectivity index is 2.62. The van der Waals surface area contributed by atoms with Crippen LogP contribution in [0, 0.1) is 0 Å². The van der Waals surface area contributed by atoms with Gasteiger partial charge in [-0.25, -0.2) is 0 Å². The standard InChI is InChI=1S/C11H19NO2Si/c1-15(2,3)12-10(13)8-6-4-5-7-9(8)11(12)14/h13-14H,4-7H2,1-3H3. The fourth-order valence-corrected chi connectivity index (χ4v) is 3.95. The van der Waals surface area contributed by atoms with Gasteiger partial charge < -0.3 is 14.4 Å². The van der Waals surface area contributed by atoms with Crippen LogP contribution in [0.15, 0.2) is 0 Å². The van der Waals surface area contributed by atoms with Crippen LogP contribution in [0.1, 0.15) is 24.0 Å². The lowest BCUT2D eigenvalue weighted by molar-refractivity contribution is 0.406. The first-order valence-electron chi connectivity index (χ1n) is 5.58. The third kappa shape index (κ3) is 1.57. The van der Waals surface area contributed by atoms with Crippen molar-refractivity contribution >= 4 is 8.24 Å². The topological polar surface area (TPSA) is 45.4 Å². The Morgan fingerprint density at radius 3 is 1.67 bits per heavy atom. The minimum atomic E-state index is -1.72. The van der Waals surface area contributed by atoms with Crippen molar-refractivity contribution in [2.75, 3.05) is 0 Å². The summed E-state index contributed by atoms with van der Waals surface area (Å²) in [7, 11) is -1.72. The third-order valence-corrected chi connectivity index (χ3v) is 4.87. The first-order chi connectivity index (χ1) is 6.93. The molecule has 1 heterocycles. The molecule has 0 spiro atoms. The molecular formula is C11H19NO2Si. The lowest BCUT2D eigenvalue weighted by atomic mass is 9.95. The highest BCUT2D eigenvalue weighted by atomic mass is 28.3. The van der Waals surface area contributed by atoms with E-state index in [1.54, 1.807) is 4.23 Å². The van der Waals surface area contributed by atoms with E-state index in [0.29, 0.717) is 11.8 Å². The van der Waals surface area contributed by atoms with E-state index in [-0.39, 0.29) is 0 Å². The van der Waals surface area contributed by atoms with Gasteiger partial charge >= 0.3 is 0 Å². The molecule has 0 unspecified atom stereocenters. The average Bonchev–Trinajstić information content (AvgIpc) is 2.39. The molecular weight excluding hydrogens is 206 g/mol. The van der Waals surface area contributed by atoms with Gasteiger partial charge in [-0.15, -0.1) is 0 Å². The van der Waals surface area contributed by atoms with Crippen molar-refractivity contribution in [2.45, 2.75) is 45.3 Å². The van der Waals surface area contributed by atoms with Gasteiger partial charge in [-0.05, 0) is 25.7 Å². The summed E-state index contributed by atoms with van der Waals surface area (Å²) < 4.78 is 1.78. The molecule has 0 fully saturated rings. The van der Waals surface area contributed by atoms with Crippen molar-refractivity contribution in [1.29, 1.82) is 0 Å². The van der Waals surface area contributed by atoms with E-state index >= 15 is 0 Å². The molecule has 0 amide bonds. The zero-order valence-electron chi connectivity index (χ0n) is 9.67. The number of aromatic hydroxyl groups is 2. The second-order valence-corrected chi connectivity index (χ2v) is 10.1. The van der Waals surface area contributed by atoms with Crippen LogP contribution in [-0.2, 0) is 12.8 Å². The summed E-state index contributed by atoms with van der Waals surface area (Å²) in [6.45, 7) is 6.37. The molecule has 0 aromatic carbocycles. The molecule has 1 aliphatic rings. The number of hydrogen-bond donors (Lipinski definition) is 2. The molecule has 15 heavy (non-hydrogen) atoms. The molecule has 1 aromatic rings. The van der Waals surface area contributed by atoms with Crippen molar-refractivity contribution < 1.29 is 10.2 Å². The molecule has 0 radical (unpaired) electrons. The summed E-state index contributed by atoms with van der Waals surface area (Å²) >= 11 is 0. The maximum atomic E-state index is 10.1. The van der Waals surface area contributed by atoms with Crippen LogP contribution in [0.5, 0.6) is 11.8 Å². The molecule has 1 aromatic heterocycles. The van der Waals surface area contributed by atoms with Crippen molar-refractivity contribution in [3.05, 3.63) is 11.1 Å². The normalized spacial score (nSPS) is 16.5. The lowest BCUT2D eigenvalue weighted by Gasteiger charge is -2.20. The second-order valence-electron chi connectivity index (χ2n) is 5.32. The van der Waals surface area contributed by atoms with Gasteiger partial charge in [-0.2, -0.15) is 0 Å². The van der Waals surface area contributed by atoms with Gasteiger partial charge in [0.1, 0.15) is 0 Å². The molecule has 0 bridgehead atoms. The number of hydrogen-bond acceptors (Lipinski definition) is 2. The number of aromatic nitrogens is 1. The van der Waals surface area contributed by atoms with Gasteiger partial charge in [0.05, 0.1) is 0 Å². The predicted octanol–water partition coefficient (Wildman–Crippen LogP) is 2.46. The van der Waals surface area contributed by atoms with E-state index in [2.05, 4.69) is 19.6 Å². The number of nitrogens with zero attached hydrogens (tertiary/aromatic N) is 1. The summed E-state index contributed by atoms with van der Waals surface area (Å²) in [5, 5.41) is 20.3. The highest BCUT2D eigenvalue weighted by Gasteiger charge is 2.30. The van der Waals surface area contributed by atoms with Crippen molar-refractivity contribution in [2.24, 2.45) is 0 Å². The van der Waals surface area contributed by atoms with Gasteiger partial charge in [0.25, 0.3) is 0 Å². The van der Waals surface area contributed by atoms with Gasteiger partial charge in [-0.3, -0.25) is 0 Å². The van der Waals surface area contributed by atoms with E-state index in [0.717, 1.165) is 36.8 Å². The van der Waals surface area contributed by atoms with Gasteiger partial charge in [0, 0.05) is 11.1 Å². The zero-order valence-corrected chi connectivity index (χ0v) is 10.7. The summed E-state index contributed by atoms with van der Waals surface area (Å²) in [6, 6.07) is 0. The monoisotopic (exact) mass is 225 g/mol. The Labute approximate surface area is 91.4 Å². The Kier molecular flexibility index (Phi) is 2.33. The molecule has 84 valence electrons. The summed E-state index contributed by atoms with van der Waals surface area (Å²) in [6.07, 6.45) is 4.06. The summed E-state index contributed by atoms with van der Waals surface area (Å²) in [4.78, 5) is 0. The molecule has 1 aliphatic carbocycles. The van der Waals surface area contributed by atoms with Crippen LogP contribution in [0.2, 0.25) is 19.6 Å². The largest absolute Gasteiger partial charge is 0.495 e. The number of rotatable bonds is 1. The molecule has 0 aliphatic heterocycles. The molecule has 0 saturated heterocycles. The van der Waals surface area contributed by atoms with E-state index < -0.39 is 8.24 Å². The highest BCUT2D eigenvalue weighted by Crippen LogP contribution is 2.40.